The van der Waals surface area contributed by atoms with Crippen LogP contribution in [0.3, 0.4) is 0 Å². The number of aryl methyl sites for hydroxylation is 1. The van der Waals surface area contributed by atoms with Crippen LogP contribution >= 0.6 is 11.6 Å². The Morgan fingerprint density at radius 1 is 1.32 bits per heavy atom. The molecule has 0 aliphatic carbocycles. The molecule has 6 heteroatoms. The molecule has 0 aliphatic heterocycles. The summed E-state index contributed by atoms with van der Waals surface area (Å²) in [7, 11) is 1.65. The molecular weight excluding hydrogens is 302 g/mol. The Hall–Kier alpha value is -2.11. The van der Waals surface area contributed by atoms with Crippen molar-refractivity contribution in [1.29, 1.82) is 0 Å². The first-order chi connectivity index (χ1) is 10.7. The van der Waals surface area contributed by atoms with Crippen molar-refractivity contribution < 1.29 is 9.15 Å². The number of furan rings is 1. The smallest absolute Gasteiger partial charge is 0.161 e. The monoisotopic (exact) mass is 317 g/mol. The molecule has 1 atom stereocenters. The third-order valence-corrected chi connectivity index (χ3v) is 3.48. The van der Waals surface area contributed by atoms with Gasteiger partial charge < -0.3 is 14.5 Å². The number of aromatic nitrogens is 2. The van der Waals surface area contributed by atoms with Crippen molar-refractivity contribution in [2.24, 2.45) is 0 Å². The average molecular weight is 318 g/mol. The van der Waals surface area contributed by atoms with Crippen LogP contribution in [0, 0.1) is 6.92 Å². The number of nitrogens with zero attached hydrogens (tertiary/aromatic N) is 2. The number of hydrogen-bond donors (Lipinski definition) is 1. The van der Waals surface area contributed by atoms with Gasteiger partial charge >= 0.3 is 0 Å². The van der Waals surface area contributed by atoms with E-state index in [-0.39, 0.29) is 6.04 Å². The molecule has 0 saturated heterocycles. The SMILES string of the molecule is COCC(Nc1ccc2cc(Cl)cnc2n1)c1ccc(C)o1. The molecular formula is C16H16ClN3O2. The minimum Gasteiger partial charge on any atom is -0.464 e. The summed E-state index contributed by atoms with van der Waals surface area (Å²) < 4.78 is 10.9. The van der Waals surface area contributed by atoms with Crippen LogP contribution in [-0.4, -0.2) is 23.7 Å². The number of fused-ring (bicyclic) bond motifs is 1. The third-order valence-electron chi connectivity index (χ3n) is 3.27. The molecule has 114 valence electrons. The highest BCUT2D eigenvalue weighted by Crippen LogP contribution is 2.23. The molecule has 0 spiro atoms. The summed E-state index contributed by atoms with van der Waals surface area (Å²) in [5, 5.41) is 4.81. The minimum absolute atomic E-state index is 0.115. The lowest BCUT2D eigenvalue weighted by molar-refractivity contribution is 0.178. The van der Waals surface area contributed by atoms with Crippen LogP contribution in [0.25, 0.3) is 11.0 Å². The van der Waals surface area contributed by atoms with E-state index in [2.05, 4.69) is 15.3 Å². The third kappa shape index (κ3) is 3.21. The second-order valence-corrected chi connectivity index (χ2v) is 5.43. The first-order valence-corrected chi connectivity index (χ1v) is 7.27. The predicted octanol–water partition coefficient (Wildman–Crippen LogP) is 3.98. The van der Waals surface area contributed by atoms with Gasteiger partial charge in [-0.15, -0.1) is 0 Å². The van der Waals surface area contributed by atoms with E-state index in [0.717, 1.165) is 16.9 Å². The van der Waals surface area contributed by atoms with E-state index in [9.17, 15) is 0 Å². The van der Waals surface area contributed by atoms with Gasteiger partial charge in [0.1, 0.15) is 23.4 Å². The van der Waals surface area contributed by atoms with Crippen LogP contribution in [0.5, 0.6) is 0 Å². The number of methoxy groups -OCH3 is 1. The van der Waals surface area contributed by atoms with E-state index < -0.39 is 0 Å². The van der Waals surface area contributed by atoms with Crippen molar-refractivity contribution in [3.8, 4) is 0 Å². The van der Waals surface area contributed by atoms with Crippen LogP contribution in [0.2, 0.25) is 5.02 Å². The summed E-state index contributed by atoms with van der Waals surface area (Å²) in [6.45, 7) is 2.38. The zero-order valence-corrected chi connectivity index (χ0v) is 13.1. The van der Waals surface area contributed by atoms with Crippen molar-refractivity contribution in [3.05, 3.63) is 53.1 Å². The van der Waals surface area contributed by atoms with Crippen LogP contribution < -0.4 is 5.32 Å². The normalized spacial score (nSPS) is 12.5. The zero-order valence-electron chi connectivity index (χ0n) is 12.3. The number of nitrogens with one attached hydrogen (secondary N) is 1. The number of halogens is 1. The minimum atomic E-state index is -0.115. The van der Waals surface area contributed by atoms with Gasteiger partial charge in [-0.05, 0) is 37.3 Å². The molecule has 3 rings (SSSR count). The summed E-state index contributed by atoms with van der Waals surface area (Å²) in [4.78, 5) is 8.73. The Morgan fingerprint density at radius 2 is 2.18 bits per heavy atom. The van der Waals surface area contributed by atoms with E-state index in [0.29, 0.717) is 23.1 Å². The highest BCUT2D eigenvalue weighted by molar-refractivity contribution is 6.31. The number of rotatable bonds is 5. The fourth-order valence-electron chi connectivity index (χ4n) is 2.25. The molecule has 0 amide bonds. The van der Waals surface area contributed by atoms with Gasteiger partial charge in [-0.2, -0.15) is 0 Å². The van der Waals surface area contributed by atoms with Crippen LogP contribution in [0.15, 0.2) is 40.9 Å². The van der Waals surface area contributed by atoms with E-state index in [1.165, 1.54) is 0 Å². The predicted molar refractivity (Wildman–Crippen MR) is 86.2 cm³/mol. The van der Waals surface area contributed by atoms with Crippen molar-refractivity contribution in [2.75, 3.05) is 19.0 Å². The molecule has 22 heavy (non-hydrogen) atoms. The van der Waals surface area contributed by atoms with Crippen molar-refractivity contribution in [1.82, 2.24) is 9.97 Å². The lowest BCUT2D eigenvalue weighted by Crippen LogP contribution is -2.16. The maximum Gasteiger partial charge on any atom is 0.161 e. The molecule has 0 fully saturated rings. The summed E-state index contributed by atoms with van der Waals surface area (Å²) >= 11 is 5.93. The average Bonchev–Trinajstić information content (AvgIpc) is 2.93. The lowest BCUT2D eigenvalue weighted by atomic mass is 10.2. The Kier molecular flexibility index (Phi) is 4.27. The summed E-state index contributed by atoms with van der Waals surface area (Å²) in [5.74, 6) is 2.38. The molecule has 3 heterocycles. The fraction of sp³-hybridized carbons (Fsp3) is 0.250. The van der Waals surface area contributed by atoms with E-state index in [1.807, 2.05) is 37.3 Å². The molecule has 0 aliphatic rings. The lowest BCUT2D eigenvalue weighted by Gasteiger charge is -2.16. The van der Waals surface area contributed by atoms with Crippen LogP contribution in [-0.2, 0) is 4.74 Å². The maximum absolute atomic E-state index is 5.93. The van der Waals surface area contributed by atoms with Gasteiger partial charge in [-0.25, -0.2) is 9.97 Å². The quantitative estimate of drug-likeness (QED) is 0.771. The largest absolute Gasteiger partial charge is 0.464 e. The highest BCUT2D eigenvalue weighted by Gasteiger charge is 2.16. The van der Waals surface area contributed by atoms with Crippen molar-refractivity contribution in [3.63, 3.8) is 0 Å². The van der Waals surface area contributed by atoms with E-state index in [4.69, 9.17) is 20.8 Å². The van der Waals surface area contributed by atoms with Gasteiger partial charge in [0.25, 0.3) is 0 Å². The number of anilines is 1. The first-order valence-electron chi connectivity index (χ1n) is 6.90. The van der Waals surface area contributed by atoms with Crippen molar-refractivity contribution in [2.45, 2.75) is 13.0 Å². The van der Waals surface area contributed by atoms with Gasteiger partial charge in [-0.1, -0.05) is 11.6 Å². The highest BCUT2D eigenvalue weighted by atomic mass is 35.5. The number of ether oxygens (including phenoxy) is 1. The van der Waals surface area contributed by atoms with Gasteiger partial charge in [0.05, 0.1) is 11.6 Å². The van der Waals surface area contributed by atoms with Gasteiger partial charge in [-0.3, -0.25) is 0 Å². The summed E-state index contributed by atoms with van der Waals surface area (Å²) in [5.41, 5.74) is 0.640. The van der Waals surface area contributed by atoms with Crippen molar-refractivity contribution >= 4 is 28.5 Å². The van der Waals surface area contributed by atoms with Gasteiger partial charge in [0, 0.05) is 18.7 Å². The summed E-state index contributed by atoms with van der Waals surface area (Å²) in [6, 6.07) is 9.40. The van der Waals surface area contributed by atoms with E-state index >= 15 is 0 Å². The second-order valence-electron chi connectivity index (χ2n) is 5.00. The van der Waals surface area contributed by atoms with Gasteiger partial charge in [0.15, 0.2) is 5.65 Å². The second kappa shape index (κ2) is 6.34. The molecule has 3 aromatic heterocycles. The topological polar surface area (TPSA) is 60.2 Å². The molecule has 0 aromatic carbocycles. The fourth-order valence-corrected chi connectivity index (χ4v) is 2.41. The molecule has 5 nitrogen and oxygen atoms in total. The molecule has 0 radical (unpaired) electrons. The standard InChI is InChI=1S/C16H16ClN3O2/c1-10-3-5-14(22-10)13(9-21-2)19-15-6-4-11-7-12(17)8-18-16(11)20-15/h3-8,13H,9H2,1-2H3,(H,18,19,20). The molecule has 0 bridgehead atoms. The Balaban J connectivity index is 1.87. The summed E-state index contributed by atoms with van der Waals surface area (Å²) in [6.07, 6.45) is 1.59. The van der Waals surface area contributed by atoms with Gasteiger partial charge in [0.2, 0.25) is 0 Å². The molecule has 0 saturated carbocycles. The number of pyridine rings is 2. The molecule has 1 N–H and O–H groups in total. The molecule has 1 unspecified atom stereocenters. The zero-order chi connectivity index (χ0) is 15.5. The number of hydrogen-bond acceptors (Lipinski definition) is 5. The van der Waals surface area contributed by atoms with Crippen LogP contribution in [0.4, 0.5) is 5.82 Å². The Bertz CT molecular complexity index is 788. The molecule has 3 aromatic rings. The van der Waals surface area contributed by atoms with Crippen LogP contribution in [0.1, 0.15) is 17.6 Å². The van der Waals surface area contributed by atoms with E-state index in [1.54, 1.807) is 13.3 Å². The Morgan fingerprint density at radius 3 is 2.91 bits per heavy atom. The first kappa shape index (κ1) is 14.8. The maximum atomic E-state index is 5.93. The Labute approximate surface area is 133 Å².